The summed E-state index contributed by atoms with van der Waals surface area (Å²) in [6, 6.07) is 17.6. The van der Waals surface area contributed by atoms with Gasteiger partial charge in [0.2, 0.25) is 0 Å². The van der Waals surface area contributed by atoms with Crippen molar-refractivity contribution in [1.29, 1.82) is 0 Å². The third-order valence-electron chi connectivity index (χ3n) is 7.77. The van der Waals surface area contributed by atoms with E-state index in [1.54, 1.807) is 4.90 Å². The maximum Gasteiger partial charge on any atom is 0.411 e. The van der Waals surface area contributed by atoms with Gasteiger partial charge in [0.25, 0.3) is 0 Å². The first-order valence-corrected chi connectivity index (χ1v) is 12.0. The van der Waals surface area contributed by atoms with Crippen LogP contribution in [0.2, 0.25) is 0 Å². The zero-order chi connectivity index (χ0) is 23.8. The molecule has 5 heteroatoms. The molecule has 1 N–H and O–H groups in total. The van der Waals surface area contributed by atoms with Gasteiger partial charge < -0.3 is 9.84 Å². The van der Waals surface area contributed by atoms with E-state index in [9.17, 15) is 14.7 Å². The molecule has 1 saturated carbocycles. The molecular weight excluding hydrogens is 414 g/mol. The Balaban J connectivity index is 1.59. The van der Waals surface area contributed by atoms with Crippen LogP contribution in [0.1, 0.15) is 76.2 Å². The van der Waals surface area contributed by atoms with Crippen molar-refractivity contribution in [2.24, 2.45) is 11.3 Å². The van der Waals surface area contributed by atoms with Gasteiger partial charge >= 0.3 is 12.1 Å². The summed E-state index contributed by atoms with van der Waals surface area (Å²) in [5.74, 6) is -0.613. The van der Waals surface area contributed by atoms with Gasteiger partial charge in [0.1, 0.15) is 11.5 Å². The molecule has 0 spiro atoms. The smallest absolute Gasteiger partial charge is 0.411 e. The van der Waals surface area contributed by atoms with Crippen molar-refractivity contribution in [3.63, 3.8) is 0 Å². The van der Waals surface area contributed by atoms with Crippen molar-refractivity contribution < 1.29 is 19.4 Å². The predicted molar refractivity (Wildman–Crippen MR) is 128 cm³/mol. The maximum absolute atomic E-state index is 12.8. The molecule has 2 fully saturated rings. The van der Waals surface area contributed by atoms with Crippen LogP contribution in [0, 0.1) is 11.3 Å². The second kappa shape index (κ2) is 8.85. The lowest BCUT2D eigenvalue weighted by atomic mass is 9.55. The fourth-order valence-electron chi connectivity index (χ4n) is 6.13. The molecule has 33 heavy (non-hydrogen) atoms. The Morgan fingerprint density at radius 2 is 1.64 bits per heavy atom. The molecule has 5 nitrogen and oxygen atoms in total. The van der Waals surface area contributed by atoms with Crippen LogP contribution in [-0.2, 0) is 21.5 Å². The molecule has 2 aliphatic rings. The predicted octanol–water partition coefficient (Wildman–Crippen LogP) is 6.33. The lowest BCUT2D eigenvalue weighted by molar-refractivity contribution is -0.152. The summed E-state index contributed by atoms with van der Waals surface area (Å²) in [5.41, 5.74) is 1.46. The number of carboxylic acid groups (broad SMARTS) is 1. The van der Waals surface area contributed by atoms with E-state index in [0.29, 0.717) is 6.54 Å². The van der Waals surface area contributed by atoms with Gasteiger partial charge in [-0.3, -0.25) is 9.69 Å². The zero-order valence-electron chi connectivity index (χ0n) is 20.1. The average Bonchev–Trinajstić information content (AvgIpc) is 3.39. The van der Waals surface area contributed by atoms with Gasteiger partial charge in [-0.25, -0.2) is 4.79 Å². The molecule has 0 bridgehead atoms. The minimum atomic E-state index is -0.930. The summed E-state index contributed by atoms with van der Waals surface area (Å²) in [7, 11) is 0. The molecule has 2 aromatic rings. The molecule has 1 aliphatic carbocycles. The van der Waals surface area contributed by atoms with E-state index in [2.05, 4.69) is 0 Å². The first-order chi connectivity index (χ1) is 15.7. The summed E-state index contributed by atoms with van der Waals surface area (Å²) in [4.78, 5) is 27.2. The first kappa shape index (κ1) is 23.3. The van der Waals surface area contributed by atoms with Crippen LogP contribution in [0.4, 0.5) is 4.79 Å². The summed E-state index contributed by atoms with van der Waals surface area (Å²) in [6.07, 6.45) is 3.46. The summed E-state index contributed by atoms with van der Waals surface area (Å²) >= 11 is 0. The first-order valence-electron chi connectivity index (χ1n) is 12.0. The normalized spacial score (nSPS) is 23.4. The van der Waals surface area contributed by atoms with Crippen molar-refractivity contribution in [2.75, 3.05) is 0 Å². The van der Waals surface area contributed by atoms with E-state index in [1.807, 2.05) is 82.3 Å². The number of benzene rings is 2. The highest BCUT2D eigenvalue weighted by atomic mass is 16.6. The summed E-state index contributed by atoms with van der Waals surface area (Å²) in [5, 5.41) is 10.5. The molecule has 1 heterocycles. The van der Waals surface area contributed by atoms with Crippen LogP contribution >= 0.6 is 0 Å². The van der Waals surface area contributed by atoms with E-state index in [1.165, 1.54) is 0 Å². The van der Waals surface area contributed by atoms with Crippen LogP contribution < -0.4 is 0 Å². The largest absolute Gasteiger partial charge is 0.481 e. The molecule has 1 unspecified atom stereocenters. The molecule has 1 aliphatic heterocycles. The SMILES string of the molecule is C[C@H]1[C@@H](c2ccccc2)OC(=O)N1Cc1ccc(C(C(=O)O)(C2CCCC2)C(C)(C)C)cc1. The van der Waals surface area contributed by atoms with E-state index >= 15 is 0 Å². The Bertz CT molecular complexity index is 989. The van der Waals surface area contributed by atoms with Crippen molar-refractivity contribution in [3.05, 3.63) is 71.3 Å². The van der Waals surface area contributed by atoms with Crippen molar-refractivity contribution >= 4 is 12.1 Å². The van der Waals surface area contributed by atoms with Crippen LogP contribution in [0.25, 0.3) is 0 Å². The topological polar surface area (TPSA) is 66.8 Å². The molecule has 1 saturated heterocycles. The number of aliphatic carboxylic acids is 1. The molecule has 4 rings (SSSR count). The monoisotopic (exact) mass is 449 g/mol. The van der Waals surface area contributed by atoms with E-state index in [-0.39, 0.29) is 24.2 Å². The van der Waals surface area contributed by atoms with Crippen LogP contribution in [0.15, 0.2) is 54.6 Å². The molecule has 0 aromatic heterocycles. The lowest BCUT2D eigenvalue weighted by Gasteiger charge is -2.46. The van der Waals surface area contributed by atoms with E-state index < -0.39 is 16.8 Å². The zero-order valence-corrected chi connectivity index (χ0v) is 20.1. The van der Waals surface area contributed by atoms with Crippen LogP contribution in [0.3, 0.4) is 0 Å². The number of rotatable bonds is 6. The number of carbonyl (C=O) groups is 2. The van der Waals surface area contributed by atoms with E-state index in [4.69, 9.17) is 4.74 Å². The average molecular weight is 450 g/mol. The molecule has 3 atom stereocenters. The Hall–Kier alpha value is -2.82. The Morgan fingerprint density at radius 3 is 2.18 bits per heavy atom. The van der Waals surface area contributed by atoms with Gasteiger partial charge in [0.15, 0.2) is 0 Å². The number of carboxylic acids is 1. The fraction of sp³-hybridized carbons (Fsp3) is 0.500. The van der Waals surface area contributed by atoms with E-state index in [0.717, 1.165) is 42.4 Å². The van der Waals surface area contributed by atoms with Gasteiger partial charge in [-0.15, -0.1) is 0 Å². The maximum atomic E-state index is 12.8. The van der Waals surface area contributed by atoms with Crippen molar-refractivity contribution in [2.45, 2.75) is 77.5 Å². The highest BCUT2D eigenvalue weighted by Crippen LogP contribution is 2.53. The van der Waals surface area contributed by atoms with Crippen molar-refractivity contribution in [1.82, 2.24) is 4.90 Å². The van der Waals surface area contributed by atoms with Gasteiger partial charge in [0.05, 0.1) is 6.04 Å². The number of cyclic esters (lactones) is 1. The Labute approximate surface area is 196 Å². The molecular formula is C28H35NO4. The third kappa shape index (κ3) is 4.03. The van der Waals surface area contributed by atoms with Gasteiger partial charge in [0, 0.05) is 6.54 Å². The quantitative estimate of drug-likeness (QED) is 0.560. The second-order valence-electron chi connectivity index (χ2n) is 10.6. The number of carbonyl (C=O) groups excluding carboxylic acids is 1. The van der Waals surface area contributed by atoms with Crippen molar-refractivity contribution in [3.8, 4) is 0 Å². The third-order valence-corrected chi connectivity index (χ3v) is 7.77. The minimum absolute atomic E-state index is 0.0919. The van der Waals surface area contributed by atoms with Crippen LogP contribution in [-0.4, -0.2) is 28.1 Å². The second-order valence-corrected chi connectivity index (χ2v) is 10.6. The summed E-state index contributed by atoms with van der Waals surface area (Å²) in [6.45, 7) is 8.56. The highest BCUT2D eigenvalue weighted by Gasteiger charge is 2.55. The Morgan fingerprint density at radius 1 is 1.03 bits per heavy atom. The summed E-state index contributed by atoms with van der Waals surface area (Å²) < 4.78 is 5.68. The minimum Gasteiger partial charge on any atom is -0.481 e. The lowest BCUT2D eigenvalue weighted by Crippen LogP contribution is -2.52. The molecule has 176 valence electrons. The van der Waals surface area contributed by atoms with Gasteiger partial charge in [-0.05, 0) is 47.8 Å². The van der Waals surface area contributed by atoms with Crippen LogP contribution in [0.5, 0.6) is 0 Å². The Kier molecular flexibility index (Phi) is 6.26. The number of ether oxygens (including phenoxy) is 1. The number of hydrogen-bond acceptors (Lipinski definition) is 3. The van der Waals surface area contributed by atoms with Gasteiger partial charge in [-0.1, -0.05) is 88.2 Å². The standard InChI is InChI=1S/C28H35NO4/c1-19-24(21-10-6-5-7-11-21)33-26(32)29(19)18-20-14-16-23(17-15-20)28(25(30)31,27(2,3)4)22-12-8-9-13-22/h5-7,10-11,14-17,19,22,24H,8-9,12-13,18H2,1-4H3,(H,30,31)/t19-,24-,28?/m0/s1. The number of hydrogen-bond donors (Lipinski definition) is 1. The molecule has 1 amide bonds. The fourth-order valence-corrected chi connectivity index (χ4v) is 6.13. The number of amides is 1. The highest BCUT2D eigenvalue weighted by molar-refractivity contribution is 5.83. The number of nitrogens with zero attached hydrogens (tertiary/aromatic N) is 1. The molecule has 0 radical (unpaired) electrons. The molecule has 2 aromatic carbocycles. The van der Waals surface area contributed by atoms with Gasteiger partial charge in [-0.2, -0.15) is 0 Å².